The Morgan fingerprint density at radius 2 is 1.48 bits per heavy atom. The van der Waals surface area contributed by atoms with Gasteiger partial charge >= 0.3 is 0 Å². The second kappa shape index (κ2) is 5.92. The van der Waals surface area contributed by atoms with Crippen molar-refractivity contribution in [1.29, 1.82) is 0 Å². The summed E-state index contributed by atoms with van der Waals surface area (Å²) in [6, 6.07) is 16.7. The molecule has 108 valence electrons. The quantitative estimate of drug-likeness (QED) is 0.866. The van der Waals surface area contributed by atoms with Crippen molar-refractivity contribution < 1.29 is 9.59 Å². The highest BCUT2D eigenvalue weighted by Gasteiger charge is 2.30. The van der Waals surface area contributed by atoms with E-state index in [0.717, 1.165) is 5.56 Å². The Kier molecular flexibility index (Phi) is 4.22. The van der Waals surface area contributed by atoms with Crippen LogP contribution in [0.2, 0.25) is 0 Å². The SMILES string of the molecule is CC(=O)Nc1ccc(C(=O)C(C)(C)c2ccccc2)cc1. The van der Waals surface area contributed by atoms with Crippen molar-refractivity contribution in [2.75, 3.05) is 5.32 Å². The van der Waals surface area contributed by atoms with E-state index in [1.807, 2.05) is 44.2 Å². The first kappa shape index (κ1) is 15.0. The van der Waals surface area contributed by atoms with Crippen molar-refractivity contribution in [1.82, 2.24) is 0 Å². The summed E-state index contributed by atoms with van der Waals surface area (Å²) in [5.41, 5.74) is 1.73. The van der Waals surface area contributed by atoms with Gasteiger partial charge < -0.3 is 5.32 Å². The van der Waals surface area contributed by atoms with Gasteiger partial charge in [0.25, 0.3) is 0 Å². The second-order valence-electron chi connectivity index (χ2n) is 5.58. The van der Waals surface area contributed by atoms with Gasteiger partial charge in [0.05, 0.1) is 5.41 Å². The first-order chi connectivity index (χ1) is 9.91. The highest BCUT2D eigenvalue weighted by atomic mass is 16.1. The van der Waals surface area contributed by atoms with Crippen LogP contribution in [0, 0.1) is 0 Å². The molecule has 0 saturated carbocycles. The molecule has 0 aromatic heterocycles. The van der Waals surface area contributed by atoms with Crippen molar-refractivity contribution in [3.05, 3.63) is 65.7 Å². The minimum absolute atomic E-state index is 0.0584. The molecule has 0 fully saturated rings. The van der Waals surface area contributed by atoms with E-state index >= 15 is 0 Å². The van der Waals surface area contributed by atoms with Gasteiger partial charge in [0, 0.05) is 18.2 Å². The van der Waals surface area contributed by atoms with Crippen molar-refractivity contribution in [3.8, 4) is 0 Å². The van der Waals surface area contributed by atoms with Gasteiger partial charge in [0.15, 0.2) is 5.78 Å². The molecule has 21 heavy (non-hydrogen) atoms. The summed E-state index contributed by atoms with van der Waals surface area (Å²) in [4.78, 5) is 23.7. The lowest BCUT2D eigenvalue weighted by Gasteiger charge is -2.23. The zero-order valence-corrected chi connectivity index (χ0v) is 12.5. The van der Waals surface area contributed by atoms with Crippen molar-refractivity contribution in [2.24, 2.45) is 0 Å². The van der Waals surface area contributed by atoms with Crippen LogP contribution in [-0.2, 0) is 10.2 Å². The van der Waals surface area contributed by atoms with Gasteiger partial charge in [-0.2, -0.15) is 0 Å². The molecular weight excluding hydrogens is 262 g/mol. The molecule has 1 amide bonds. The molecule has 0 aliphatic rings. The van der Waals surface area contributed by atoms with Gasteiger partial charge in [-0.15, -0.1) is 0 Å². The monoisotopic (exact) mass is 281 g/mol. The summed E-state index contributed by atoms with van der Waals surface area (Å²) in [5, 5.41) is 2.69. The fourth-order valence-corrected chi connectivity index (χ4v) is 2.25. The number of hydrogen-bond donors (Lipinski definition) is 1. The molecule has 0 spiro atoms. The zero-order chi connectivity index (χ0) is 15.5. The number of Topliss-reactive ketones (excluding diaryl/α,β-unsaturated/α-hetero) is 1. The fourth-order valence-electron chi connectivity index (χ4n) is 2.25. The number of hydrogen-bond acceptors (Lipinski definition) is 2. The molecule has 1 N–H and O–H groups in total. The molecule has 0 bridgehead atoms. The molecule has 0 unspecified atom stereocenters. The predicted octanol–water partition coefficient (Wildman–Crippen LogP) is 3.81. The van der Waals surface area contributed by atoms with Gasteiger partial charge in [-0.1, -0.05) is 30.3 Å². The summed E-state index contributed by atoms with van der Waals surface area (Å²) in [7, 11) is 0. The smallest absolute Gasteiger partial charge is 0.221 e. The molecule has 3 heteroatoms. The minimum atomic E-state index is -0.587. The van der Waals surface area contributed by atoms with Crippen molar-refractivity contribution in [3.63, 3.8) is 0 Å². The number of nitrogens with one attached hydrogen (secondary N) is 1. The zero-order valence-electron chi connectivity index (χ0n) is 12.5. The van der Waals surface area contributed by atoms with E-state index < -0.39 is 5.41 Å². The van der Waals surface area contributed by atoms with E-state index in [2.05, 4.69) is 5.32 Å². The number of ketones is 1. The Hall–Kier alpha value is -2.42. The average Bonchev–Trinajstić information content (AvgIpc) is 2.47. The average molecular weight is 281 g/mol. The Morgan fingerprint density at radius 1 is 0.905 bits per heavy atom. The molecule has 0 atom stereocenters. The second-order valence-corrected chi connectivity index (χ2v) is 5.58. The maximum Gasteiger partial charge on any atom is 0.221 e. The van der Waals surface area contributed by atoms with Crippen LogP contribution in [0.3, 0.4) is 0 Å². The van der Waals surface area contributed by atoms with E-state index in [-0.39, 0.29) is 11.7 Å². The molecule has 0 heterocycles. The third kappa shape index (κ3) is 3.37. The number of carbonyl (C=O) groups excluding carboxylic acids is 2. The van der Waals surface area contributed by atoms with Gasteiger partial charge in [0.2, 0.25) is 5.91 Å². The summed E-state index contributed by atoms with van der Waals surface area (Å²) in [6.07, 6.45) is 0. The van der Waals surface area contributed by atoms with Gasteiger partial charge in [-0.3, -0.25) is 9.59 Å². The lowest BCUT2D eigenvalue weighted by atomic mass is 9.78. The molecule has 0 aliphatic heterocycles. The topological polar surface area (TPSA) is 46.2 Å². The highest BCUT2D eigenvalue weighted by molar-refractivity contribution is 6.04. The number of amides is 1. The lowest BCUT2D eigenvalue weighted by molar-refractivity contribution is -0.114. The van der Waals surface area contributed by atoms with E-state index in [4.69, 9.17) is 0 Å². The van der Waals surface area contributed by atoms with Crippen LogP contribution in [0.15, 0.2) is 54.6 Å². The molecule has 0 saturated heterocycles. The van der Waals surface area contributed by atoms with E-state index in [1.165, 1.54) is 6.92 Å². The standard InChI is InChI=1S/C18H19NO2/c1-13(20)19-16-11-9-14(10-12-16)17(21)18(2,3)15-7-5-4-6-8-15/h4-12H,1-3H3,(H,19,20). The molecule has 0 radical (unpaired) electrons. The summed E-state index contributed by atoms with van der Waals surface area (Å²) >= 11 is 0. The van der Waals surface area contributed by atoms with Crippen LogP contribution in [-0.4, -0.2) is 11.7 Å². The number of benzene rings is 2. The third-order valence-corrected chi connectivity index (χ3v) is 3.53. The molecule has 2 rings (SSSR count). The van der Waals surface area contributed by atoms with Crippen LogP contribution in [0.1, 0.15) is 36.7 Å². The first-order valence-electron chi connectivity index (χ1n) is 6.89. The van der Waals surface area contributed by atoms with Crippen LogP contribution in [0.25, 0.3) is 0 Å². The first-order valence-corrected chi connectivity index (χ1v) is 6.89. The number of carbonyl (C=O) groups is 2. The van der Waals surface area contributed by atoms with Crippen LogP contribution < -0.4 is 5.32 Å². The van der Waals surface area contributed by atoms with E-state index in [9.17, 15) is 9.59 Å². The van der Waals surface area contributed by atoms with Crippen molar-refractivity contribution in [2.45, 2.75) is 26.2 Å². The maximum atomic E-state index is 12.7. The van der Waals surface area contributed by atoms with Crippen LogP contribution in [0.5, 0.6) is 0 Å². The normalized spacial score (nSPS) is 11.0. The van der Waals surface area contributed by atoms with E-state index in [0.29, 0.717) is 11.3 Å². The lowest BCUT2D eigenvalue weighted by Crippen LogP contribution is -2.29. The highest BCUT2D eigenvalue weighted by Crippen LogP contribution is 2.28. The Morgan fingerprint density at radius 3 is 2.00 bits per heavy atom. The number of anilines is 1. The third-order valence-electron chi connectivity index (χ3n) is 3.53. The molecule has 2 aromatic rings. The maximum absolute atomic E-state index is 12.7. The minimum Gasteiger partial charge on any atom is -0.326 e. The van der Waals surface area contributed by atoms with Crippen molar-refractivity contribution >= 4 is 17.4 Å². The van der Waals surface area contributed by atoms with Gasteiger partial charge in [-0.05, 0) is 43.7 Å². The Balaban J connectivity index is 2.25. The van der Waals surface area contributed by atoms with Crippen LogP contribution >= 0.6 is 0 Å². The summed E-state index contributed by atoms with van der Waals surface area (Å²) < 4.78 is 0. The predicted molar refractivity (Wildman–Crippen MR) is 84.5 cm³/mol. The van der Waals surface area contributed by atoms with E-state index in [1.54, 1.807) is 24.3 Å². The molecular formula is C18H19NO2. The van der Waals surface area contributed by atoms with Crippen LogP contribution in [0.4, 0.5) is 5.69 Å². The van der Waals surface area contributed by atoms with Gasteiger partial charge in [-0.25, -0.2) is 0 Å². The number of rotatable bonds is 4. The Labute approximate surface area is 125 Å². The molecule has 2 aromatic carbocycles. The Bertz CT molecular complexity index is 643. The molecule has 3 nitrogen and oxygen atoms in total. The summed E-state index contributed by atoms with van der Waals surface area (Å²) in [5.74, 6) is -0.0678. The fraction of sp³-hybridized carbons (Fsp3) is 0.222. The largest absolute Gasteiger partial charge is 0.326 e. The molecule has 0 aliphatic carbocycles. The summed E-state index contributed by atoms with van der Waals surface area (Å²) in [6.45, 7) is 5.30. The van der Waals surface area contributed by atoms with Gasteiger partial charge in [0.1, 0.15) is 0 Å².